The molecule has 0 saturated carbocycles. The first-order valence-corrected chi connectivity index (χ1v) is 8.47. The molecule has 0 bridgehead atoms. The van der Waals surface area contributed by atoms with E-state index in [2.05, 4.69) is 0 Å². The van der Waals surface area contributed by atoms with Crippen molar-refractivity contribution >= 4 is 58.0 Å². The summed E-state index contributed by atoms with van der Waals surface area (Å²) in [5.74, 6) is 0. The molecule has 0 aliphatic carbocycles. The van der Waals surface area contributed by atoms with Crippen LogP contribution in [0.25, 0.3) is 0 Å². The number of alkyl halides is 3. The van der Waals surface area contributed by atoms with Gasteiger partial charge >= 0.3 is 0 Å². The van der Waals surface area contributed by atoms with Crippen molar-refractivity contribution in [2.45, 2.75) is 16.3 Å². The van der Waals surface area contributed by atoms with Gasteiger partial charge in [0.05, 0.1) is 0 Å². The normalized spacial score (nSPS) is 11.7. The molecule has 0 radical (unpaired) electrons. The van der Waals surface area contributed by atoms with Gasteiger partial charge in [0.25, 0.3) is 0 Å². The highest BCUT2D eigenvalue weighted by Crippen LogP contribution is 2.49. The van der Waals surface area contributed by atoms with Crippen LogP contribution in [-0.4, -0.2) is 20.6 Å². The maximum atomic E-state index is 11.0. The van der Waals surface area contributed by atoms with E-state index in [1.165, 1.54) is 0 Å². The summed E-state index contributed by atoms with van der Waals surface area (Å²) in [5.41, 5.74) is -0.972. The van der Waals surface area contributed by atoms with Crippen LogP contribution in [-0.2, 0) is 5.60 Å². The van der Waals surface area contributed by atoms with Crippen molar-refractivity contribution in [2.75, 3.05) is 6.61 Å². The first kappa shape index (κ1) is 20.9. The Kier molecular flexibility index (Phi) is 7.96. The quantitative estimate of drug-likeness (QED) is 0.626. The Bertz CT molecular complexity index is 560. The second kappa shape index (κ2) is 8.77. The summed E-state index contributed by atoms with van der Waals surface area (Å²) in [6, 6.07) is 12.9. The summed E-state index contributed by atoms with van der Waals surface area (Å²) >= 11 is 29.7. The van der Waals surface area contributed by atoms with E-state index < -0.39 is 9.39 Å². The summed E-state index contributed by atoms with van der Waals surface area (Å²) in [6.07, 6.45) is 0. The number of benzene rings is 2. The lowest BCUT2D eigenvalue weighted by molar-refractivity contribution is 0.0850. The molecule has 0 aliphatic rings. The van der Waals surface area contributed by atoms with Crippen LogP contribution in [0, 0.1) is 0 Å². The fraction of sp³-hybridized carbons (Fsp3) is 0.250. The molecule has 126 valence electrons. The fourth-order valence-corrected chi connectivity index (χ4v) is 2.78. The average molecular weight is 417 g/mol. The zero-order valence-corrected chi connectivity index (χ0v) is 15.9. The molecule has 0 aliphatic heterocycles. The number of hydrogen-bond donors (Lipinski definition) is 2. The van der Waals surface area contributed by atoms with E-state index in [1.807, 2.05) is 0 Å². The number of aliphatic hydroxyl groups is 2. The molecule has 0 amide bonds. The van der Waals surface area contributed by atoms with Crippen LogP contribution in [0.3, 0.4) is 0 Å². The van der Waals surface area contributed by atoms with E-state index in [0.717, 1.165) is 0 Å². The van der Waals surface area contributed by atoms with Gasteiger partial charge in [0.2, 0.25) is 3.79 Å². The molecule has 0 saturated heterocycles. The summed E-state index contributed by atoms with van der Waals surface area (Å²) in [6.45, 7) is 1.93. The number of halogens is 5. The summed E-state index contributed by atoms with van der Waals surface area (Å²) in [5, 5.41) is 19.6. The van der Waals surface area contributed by atoms with Gasteiger partial charge in [0, 0.05) is 16.7 Å². The van der Waals surface area contributed by atoms with Gasteiger partial charge in [-0.3, -0.25) is 0 Å². The molecule has 0 fully saturated rings. The second-order valence-corrected chi connectivity index (χ2v) is 7.69. The number of aliphatic hydroxyl groups excluding tert-OH is 1. The van der Waals surface area contributed by atoms with Crippen LogP contribution in [0.4, 0.5) is 0 Å². The molecule has 0 heterocycles. The summed E-state index contributed by atoms with van der Waals surface area (Å²) in [7, 11) is 0. The third-order valence-electron chi connectivity index (χ3n) is 2.93. The Morgan fingerprint density at radius 1 is 0.783 bits per heavy atom. The van der Waals surface area contributed by atoms with Crippen LogP contribution in [0.15, 0.2) is 48.5 Å². The smallest absolute Gasteiger partial charge is 0.227 e. The Morgan fingerprint density at radius 2 is 1.04 bits per heavy atom. The Hall–Kier alpha value is -0.190. The molecule has 0 unspecified atom stereocenters. The number of hydrogen-bond acceptors (Lipinski definition) is 2. The van der Waals surface area contributed by atoms with Gasteiger partial charge in [0.15, 0.2) is 5.60 Å². The van der Waals surface area contributed by atoms with Crippen molar-refractivity contribution in [2.24, 2.45) is 0 Å². The molecule has 2 aromatic carbocycles. The highest BCUT2D eigenvalue weighted by molar-refractivity contribution is 6.68. The summed E-state index contributed by atoms with van der Waals surface area (Å²) < 4.78 is -1.96. The van der Waals surface area contributed by atoms with E-state index in [9.17, 15) is 5.11 Å². The van der Waals surface area contributed by atoms with E-state index in [0.29, 0.717) is 21.2 Å². The van der Waals surface area contributed by atoms with Crippen molar-refractivity contribution in [3.63, 3.8) is 0 Å². The van der Waals surface area contributed by atoms with Gasteiger partial charge in [-0.05, 0) is 42.3 Å². The lowest BCUT2D eigenvalue weighted by Gasteiger charge is -2.35. The summed E-state index contributed by atoms with van der Waals surface area (Å²) in [4.78, 5) is 0. The molecule has 0 aromatic heterocycles. The van der Waals surface area contributed by atoms with Crippen LogP contribution in [0.5, 0.6) is 0 Å². The van der Waals surface area contributed by atoms with Gasteiger partial charge < -0.3 is 10.2 Å². The maximum absolute atomic E-state index is 11.0. The van der Waals surface area contributed by atoms with Crippen LogP contribution in [0.1, 0.15) is 18.1 Å². The third-order valence-corrected chi connectivity index (χ3v) is 4.26. The molecule has 0 atom stereocenters. The van der Waals surface area contributed by atoms with Crippen molar-refractivity contribution in [3.8, 4) is 0 Å². The Balaban J connectivity index is 0.000000816. The monoisotopic (exact) mass is 414 g/mol. The predicted octanol–water partition coefficient (Wildman–Crippen LogP) is 5.60. The molecular weight excluding hydrogens is 401 g/mol. The molecule has 2 aromatic rings. The Morgan fingerprint density at radius 3 is 1.26 bits per heavy atom. The van der Waals surface area contributed by atoms with Gasteiger partial charge in [-0.2, -0.15) is 0 Å². The fourth-order valence-electron chi connectivity index (χ4n) is 1.88. The van der Waals surface area contributed by atoms with Crippen molar-refractivity contribution < 1.29 is 10.2 Å². The van der Waals surface area contributed by atoms with Crippen LogP contribution < -0.4 is 0 Å². The first-order chi connectivity index (χ1) is 10.7. The van der Waals surface area contributed by atoms with E-state index in [-0.39, 0.29) is 6.61 Å². The molecule has 7 heteroatoms. The molecule has 2 N–H and O–H groups in total. The molecule has 23 heavy (non-hydrogen) atoms. The third kappa shape index (κ3) is 5.14. The minimum Gasteiger partial charge on any atom is -0.397 e. The average Bonchev–Trinajstić information content (AvgIpc) is 2.47. The minimum absolute atomic E-state index is 0.250. The largest absolute Gasteiger partial charge is 0.397 e. The van der Waals surface area contributed by atoms with Crippen LogP contribution in [0.2, 0.25) is 10.0 Å². The number of rotatable bonds is 2. The van der Waals surface area contributed by atoms with Crippen molar-refractivity contribution in [1.82, 2.24) is 0 Å². The first-order valence-electron chi connectivity index (χ1n) is 6.58. The highest BCUT2D eigenvalue weighted by atomic mass is 35.6. The molecule has 2 nitrogen and oxygen atoms in total. The van der Waals surface area contributed by atoms with Gasteiger partial charge in [0.1, 0.15) is 0 Å². The lowest BCUT2D eigenvalue weighted by Crippen LogP contribution is -2.41. The SMILES string of the molecule is CCO.OC(c1ccc(Cl)cc1)(c1ccc(Cl)cc1)C(Cl)(Cl)Cl. The van der Waals surface area contributed by atoms with E-state index in [1.54, 1.807) is 55.5 Å². The van der Waals surface area contributed by atoms with Crippen molar-refractivity contribution in [1.29, 1.82) is 0 Å². The second-order valence-electron chi connectivity index (χ2n) is 4.54. The standard InChI is InChI=1S/C14H9Cl5O.C2H6O/c15-11-5-1-9(2-6-11)13(20,14(17,18)19)10-3-7-12(16)8-4-10;1-2-3/h1-8,20H;3H,2H2,1H3. The van der Waals surface area contributed by atoms with Gasteiger partial charge in [-0.25, -0.2) is 0 Å². The molecular formula is C16H15Cl5O2. The van der Waals surface area contributed by atoms with E-state index >= 15 is 0 Å². The minimum atomic E-state index is -1.96. The maximum Gasteiger partial charge on any atom is 0.227 e. The van der Waals surface area contributed by atoms with Crippen LogP contribution >= 0.6 is 58.0 Å². The zero-order chi connectivity index (χ0) is 17.7. The Labute approximate surface area is 160 Å². The zero-order valence-electron chi connectivity index (χ0n) is 12.1. The van der Waals surface area contributed by atoms with E-state index in [4.69, 9.17) is 63.1 Å². The topological polar surface area (TPSA) is 40.5 Å². The predicted molar refractivity (Wildman–Crippen MR) is 99.0 cm³/mol. The lowest BCUT2D eigenvalue weighted by atomic mass is 9.87. The van der Waals surface area contributed by atoms with Gasteiger partial charge in [-0.1, -0.05) is 82.3 Å². The molecule has 2 rings (SSSR count). The van der Waals surface area contributed by atoms with Crippen molar-refractivity contribution in [3.05, 3.63) is 69.7 Å². The molecule has 0 spiro atoms. The van der Waals surface area contributed by atoms with Gasteiger partial charge in [-0.15, -0.1) is 0 Å². The highest BCUT2D eigenvalue weighted by Gasteiger charge is 2.49.